The zero-order valence-corrected chi connectivity index (χ0v) is 21.2. The summed E-state index contributed by atoms with van der Waals surface area (Å²) in [6.45, 7) is 0. The Hall–Kier alpha value is -2.62. The highest BCUT2D eigenvalue weighted by atomic mass is 32.2. The maximum atomic E-state index is 13.7. The van der Waals surface area contributed by atoms with Crippen LogP contribution in [0.4, 0.5) is 26.3 Å². The first-order valence-electron chi connectivity index (χ1n) is 12.0. The van der Waals surface area contributed by atoms with E-state index in [1.807, 2.05) is 0 Å². The van der Waals surface area contributed by atoms with Crippen molar-refractivity contribution in [2.75, 3.05) is 5.75 Å². The standard InChI is InChI=1S/C23H23BF6O8S/c24-9-11-1-2-15(18(32)38-21(22(25,26)27,23(28,29)30)10-39(34,35)36)16(5-11)37-19(33)20-6-12-3-13(7-20)17(31)14(4-12)8-20/h1-2,5,12-14H,3-4,6-10,24H2,(H,34,35,36). The normalized spacial score (nSPS) is 26.9. The van der Waals surface area contributed by atoms with E-state index in [9.17, 15) is 49.1 Å². The Kier molecular flexibility index (Phi) is 7.15. The van der Waals surface area contributed by atoms with Crippen LogP contribution in [0.1, 0.15) is 48.0 Å². The van der Waals surface area contributed by atoms with Gasteiger partial charge in [-0.05, 0) is 50.2 Å². The number of ether oxygens (including phenoxy) is 2. The summed E-state index contributed by atoms with van der Waals surface area (Å²) in [4.78, 5) is 38.6. The highest BCUT2D eigenvalue weighted by molar-refractivity contribution is 7.85. The lowest BCUT2D eigenvalue weighted by molar-refractivity contribution is -0.356. The molecule has 0 aromatic heterocycles. The second kappa shape index (κ2) is 9.49. The van der Waals surface area contributed by atoms with Crippen molar-refractivity contribution in [1.82, 2.24) is 0 Å². The average molecular weight is 584 g/mol. The number of halogens is 6. The van der Waals surface area contributed by atoms with E-state index in [1.165, 1.54) is 6.07 Å². The van der Waals surface area contributed by atoms with Gasteiger partial charge in [0.25, 0.3) is 10.1 Å². The molecule has 214 valence electrons. The molecule has 8 nitrogen and oxygen atoms in total. The van der Waals surface area contributed by atoms with E-state index in [0.29, 0.717) is 24.8 Å². The zero-order valence-electron chi connectivity index (χ0n) is 20.4. The van der Waals surface area contributed by atoms with Crippen LogP contribution < -0.4 is 4.74 Å². The van der Waals surface area contributed by atoms with Crippen molar-refractivity contribution in [2.24, 2.45) is 23.2 Å². The minimum Gasteiger partial charge on any atom is -0.434 e. The summed E-state index contributed by atoms with van der Waals surface area (Å²) in [6.07, 6.45) is -10.7. The van der Waals surface area contributed by atoms with Crippen molar-refractivity contribution in [3.05, 3.63) is 29.3 Å². The molecule has 16 heteroatoms. The molecule has 4 aliphatic rings. The largest absolute Gasteiger partial charge is 0.438 e. The van der Waals surface area contributed by atoms with Crippen LogP contribution in [0.3, 0.4) is 0 Å². The molecule has 1 N–H and O–H groups in total. The fourth-order valence-corrected chi connectivity index (χ4v) is 7.08. The zero-order chi connectivity index (χ0) is 29.2. The van der Waals surface area contributed by atoms with E-state index >= 15 is 0 Å². The van der Waals surface area contributed by atoms with Gasteiger partial charge in [-0.15, -0.1) is 0 Å². The van der Waals surface area contributed by atoms with Crippen LogP contribution in [0, 0.1) is 23.2 Å². The van der Waals surface area contributed by atoms with Crippen LogP contribution in [0.2, 0.25) is 0 Å². The van der Waals surface area contributed by atoms with Crippen molar-refractivity contribution < 1.29 is 63.2 Å². The summed E-state index contributed by atoms with van der Waals surface area (Å²) in [5.41, 5.74) is -7.30. The van der Waals surface area contributed by atoms with Crippen molar-refractivity contribution in [3.8, 4) is 5.75 Å². The smallest absolute Gasteiger partial charge is 0.434 e. The highest BCUT2D eigenvalue weighted by Crippen LogP contribution is 2.59. The molecule has 4 bridgehead atoms. The number of carbonyl (C=O) groups excluding carboxylic acids is 3. The Bertz CT molecular complexity index is 1280. The van der Waals surface area contributed by atoms with Gasteiger partial charge in [0.2, 0.25) is 0 Å². The third kappa shape index (κ3) is 5.28. The molecule has 4 fully saturated rings. The molecule has 2 atom stereocenters. The SMILES string of the molecule is BCc1ccc(C(=O)OC(CS(=O)(=O)O)(C(F)(F)F)C(F)(F)F)c(OC(=O)C23CC4CC(C2)C(=O)C(C4)C3)c1. The minimum absolute atomic E-state index is 0.0566. The summed E-state index contributed by atoms with van der Waals surface area (Å²) in [6, 6.07) is 3.08. The molecule has 39 heavy (non-hydrogen) atoms. The predicted molar refractivity (Wildman–Crippen MR) is 122 cm³/mol. The molecule has 0 heterocycles. The third-order valence-electron chi connectivity index (χ3n) is 7.87. The second-order valence-electron chi connectivity index (χ2n) is 10.5. The number of hydrogen-bond acceptors (Lipinski definition) is 7. The number of hydrogen-bond donors (Lipinski definition) is 1. The van der Waals surface area contributed by atoms with Gasteiger partial charge in [0.15, 0.2) is 0 Å². The van der Waals surface area contributed by atoms with Crippen LogP contribution in [0.25, 0.3) is 0 Å². The molecular weight excluding hydrogens is 561 g/mol. The van der Waals surface area contributed by atoms with Crippen molar-refractivity contribution in [1.29, 1.82) is 0 Å². The van der Waals surface area contributed by atoms with Crippen LogP contribution >= 0.6 is 0 Å². The van der Waals surface area contributed by atoms with Gasteiger partial charge < -0.3 is 9.47 Å². The number of carbonyl (C=O) groups is 3. The van der Waals surface area contributed by atoms with E-state index in [1.54, 1.807) is 7.85 Å². The van der Waals surface area contributed by atoms with E-state index in [2.05, 4.69) is 4.74 Å². The average Bonchev–Trinajstić information content (AvgIpc) is 2.79. The van der Waals surface area contributed by atoms with E-state index in [0.717, 1.165) is 12.1 Å². The molecular formula is C23H23BF6O8S. The topological polar surface area (TPSA) is 124 Å². The summed E-state index contributed by atoms with van der Waals surface area (Å²) in [5, 5.41) is 0. The lowest BCUT2D eigenvalue weighted by Crippen LogP contribution is -2.63. The molecule has 2 unspecified atom stereocenters. The number of alkyl halides is 6. The number of esters is 2. The van der Waals surface area contributed by atoms with Gasteiger partial charge in [0.1, 0.15) is 30.7 Å². The molecule has 1 aromatic carbocycles. The lowest BCUT2D eigenvalue weighted by Gasteiger charge is -2.53. The molecule has 1 aromatic rings. The Morgan fingerprint density at radius 2 is 1.59 bits per heavy atom. The maximum absolute atomic E-state index is 13.7. The van der Waals surface area contributed by atoms with E-state index < -0.39 is 62.5 Å². The number of rotatable bonds is 7. The van der Waals surface area contributed by atoms with Gasteiger partial charge >= 0.3 is 29.9 Å². The van der Waals surface area contributed by atoms with E-state index in [-0.39, 0.29) is 42.7 Å². The fraction of sp³-hybridized carbons (Fsp3) is 0.609. The van der Waals surface area contributed by atoms with E-state index in [4.69, 9.17) is 9.29 Å². The highest BCUT2D eigenvalue weighted by Gasteiger charge is 2.76. The molecule has 0 radical (unpaired) electrons. The number of Topliss-reactive ketones (excluding diaryl/α,β-unsaturated/α-hetero) is 1. The lowest BCUT2D eigenvalue weighted by atomic mass is 9.49. The molecule has 5 rings (SSSR count). The Balaban J connectivity index is 1.70. The molecule has 0 spiro atoms. The van der Waals surface area contributed by atoms with Gasteiger partial charge in [-0.2, -0.15) is 34.8 Å². The van der Waals surface area contributed by atoms with Gasteiger partial charge in [0.05, 0.1) is 5.41 Å². The Morgan fingerprint density at radius 3 is 2.08 bits per heavy atom. The second-order valence-corrected chi connectivity index (χ2v) is 12.0. The summed E-state index contributed by atoms with van der Waals surface area (Å²) >= 11 is 0. The summed E-state index contributed by atoms with van der Waals surface area (Å²) in [7, 11) is -4.33. The van der Waals surface area contributed by atoms with Crippen molar-refractivity contribution in [3.63, 3.8) is 0 Å². The predicted octanol–water partition coefficient (Wildman–Crippen LogP) is 3.03. The van der Waals surface area contributed by atoms with Crippen molar-refractivity contribution >= 4 is 35.7 Å². The van der Waals surface area contributed by atoms with Crippen LogP contribution in [0.15, 0.2) is 18.2 Å². The molecule has 4 saturated carbocycles. The summed E-state index contributed by atoms with van der Waals surface area (Å²) in [5.74, 6) is -7.42. The van der Waals surface area contributed by atoms with Gasteiger partial charge in [-0.3, -0.25) is 14.1 Å². The van der Waals surface area contributed by atoms with Crippen LogP contribution in [0.5, 0.6) is 5.75 Å². The first-order valence-corrected chi connectivity index (χ1v) is 13.6. The quantitative estimate of drug-likeness (QED) is 0.171. The minimum atomic E-state index is -6.51. The number of ketones is 1. The molecule has 0 saturated heterocycles. The fourth-order valence-electron chi connectivity index (χ4n) is 6.18. The molecule has 0 aliphatic heterocycles. The van der Waals surface area contributed by atoms with Gasteiger partial charge in [0, 0.05) is 11.8 Å². The van der Waals surface area contributed by atoms with Crippen molar-refractivity contribution in [2.45, 2.75) is 56.4 Å². The monoisotopic (exact) mass is 584 g/mol. The molecule has 4 aliphatic carbocycles. The Labute approximate surface area is 219 Å². The van der Waals surface area contributed by atoms with Crippen LogP contribution in [-0.2, 0) is 30.8 Å². The first kappa shape index (κ1) is 29.4. The van der Waals surface area contributed by atoms with Crippen LogP contribution in [-0.4, -0.2) is 62.2 Å². The number of benzene rings is 1. The Morgan fingerprint density at radius 1 is 1.03 bits per heavy atom. The van der Waals surface area contributed by atoms with Gasteiger partial charge in [-0.1, -0.05) is 17.9 Å². The summed E-state index contributed by atoms with van der Waals surface area (Å²) < 4.78 is 122. The third-order valence-corrected chi connectivity index (χ3v) is 8.64. The first-order chi connectivity index (χ1) is 17.8. The maximum Gasteiger partial charge on any atom is 0.438 e. The van der Waals surface area contributed by atoms with Gasteiger partial charge in [-0.25, -0.2) is 4.79 Å². The molecule has 0 amide bonds.